The Labute approximate surface area is 233 Å². The zero-order valence-corrected chi connectivity index (χ0v) is 24.4. The number of likely N-dealkylation sites (tertiary alicyclic amines) is 1. The third kappa shape index (κ3) is 7.76. The van der Waals surface area contributed by atoms with Gasteiger partial charge in [-0.25, -0.2) is 0 Å². The van der Waals surface area contributed by atoms with E-state index in [0.29, 0.717) is 17.2 Å². The van der Waals surface area contributed by atoms with Crippen molar-refractivity contribution < 1.29 is 14.3 Å². The molecule has 1 amide bonds. The summed E-state index contributed by atoms with van der Waals surface area (Å²) >= 11 is 0. The van der Waals surface area contributed by atoms with Gasteiger partial charge in [0.15, 0.2) is 0 Å². The van der Waals surface area contributed by atoms with Crippen LogP contribution in [0.1, 0.15) is 48.2 Å². The van der Waals surface area contributed by atoms with Gasteiger partial charge in [-0.2, -0.15) is 0 Å². The first kappa shape index (κ1) is 30.0. The minimum atomic E-state index is -0.150. The average molecular weight is 536 g/mol. The van der Waals surface area contributed by atoms with Crippen molar-refractivity contribution in [3.8, 4) is 5.75 Å². The second kappa shape index (κ2) is 14.6. The van der Waals surface area contributed by atoms with Gasteiger partial charge in [0.2, 0.25) is 5.90 Å². The molecule has 0 aliphatic carbocycles. The molecule has 1 fully saturated rings. The van der Waals surface area contributed by atoms with Crippen LogP contribution in [0.25, 0.3) is 0 Å². The summed E-state index contributed by atoms with van der Waals surface area (Å²) in [6, 6.07) is 14.7. The first-order valence-electron chi connectivity index (χ1n) is 13.8. The minimum Gasteiger partial charge on any atom is -0.497 e. The van der Waals surface area contributed by atoms with E-state index in [9.17, 15) is 4.79 Å². The smallest absolute Gasteiger partial charge is 0.251 e. The molecule has 0 spiro atoms. The molecule has 1 aliphatic heterocycles. The molecule has 3 rings (SSSR count). The van der Waals surface area contributed by atoms with Crippen molar-refractivity contribution in [2.75, 3.05) is 58.9 Å². The lowest BCUT2D eigenvalue weighted by Gasteiger charge is -2.40. The molecule has 0 saturated carbocycles. The molecular formula is C31H45N5O3. The van der Waals surface area contributed by atoms with Crippen molar-refractivity contribution in [3.05, 3.63) is 70.4 Å². The molecular weight excluding hydrogens is 490 g/mol. The Hall–Kier alpha value is -3.52. The summed E-state index contributed by atoms with van der Waals surface area (Å²) in [5, 5.41) is 14.1. The van der Waals surface area contributed by atoms with Gasteiger partial charge in [0.25, 0.3) is 5.91 Å². The van der Waals surface area contributed by atoms with E-state index in [1.165, 1.54) is 12.7 Å². The fourth-order valence-electron chi connectivity index (χ4n) is 5.30. The number of methoxy groups -OCH3 is 2. The summed E-state index contributed by atoms with van der Waals surface area (Å²) in [6.45, 7) is 10.4. The highest BCUT2D eigenvalue weighted by molar-refractivity contribution is 5.99. The van der Waals surface area contributed by atoms with Gasteiger partial charge in [0.1, 0.15) is 5.75 Å². The number of carbonyl (C=O) groups is 1. The van der Waals surface area contributed by atoms with E-state index in [2.05, 4.69) is 51.6 Å². The molecule has 0 bridgehead atoms. The topological polar surface area (TPSA) is 89.9 Å². The van der Waals surface area contributed by atoms with Gasteiger partial charge in [0.05, 0.1) is 26.3 Å². The van der Waals surface area contributed by atoms with Gasteiger partial charge < -0.3 is 29.9 Å². The first-order valence-corrected chi connectivity index (χ1v) is 13.8. The standard InChI is InChI=1S/C31H45N5O3/c1-7-36(25-15-18-35(19-16-25)17-14-24-10-8-11-26(20-24)38-5)29-13-9-12-27(22(29)2)31(37)34-21-28(23(3)33-4)30(32)39-6/h8-13,20,25,32-33H,7,14-19,21H2,1-6H3,(H,34,37)/b28-23-,32-30?. The lowest BCUT2D eigenvalue weighted by molar-refractivity contribution is 0.0956. The van der Waals surface area contributed by atoms with Crippen LogP contribution in [-0.4, -0.2) is 76.7 Å². The predicted octanol–water partition coefficient (Wildman–Crippen LogP) is 4.38. The monoisotopic (exact) mass is 535 g/mol. The molecule has 8 nitrogen and oxygen atoms in total. The SMILES string of the molecule is CCN(c1cccc(C(=O)NC/C(C(=N)OC)=C(\C)NC)c1C)C1CCN(CCc2cccc(OC)c2)CC1. The molecule has 2 aromatic carbocycles. The van der Waals surface area contributed by atoms with E-state index < -0.39 is 0 Å². The van der Waals surface area contributed by atoms with Crippen LogP contribution < -0.4 is 20.3 Å². The second-order valence-corrected chi connectivity index (χ2v) is 9.98. The lowest BCUT2D eigenvalue weighted by atomic mass is 9.98. The van der Waals surface area contributed by atoms with E-state index in [-0.39, 0.29) is 18.3 Å². The number of nitrogens with one attached hydrogen (secondary N) is 3. The van der Waals surface area contributed by atoms with Gasteiger partial charge in [-0.3, -0.25) is 10.2 Å². The molecule has 1 aliphatic rings. The fraction of sp³-hybridized carbons (Fsp3) is 0.484. The third-order valence-corrected chi connectivity index (χ3v) is 7.78. The van der Waals surface area contributed by atoms with E-state index >= 15 is 0 Å². The molecule has 0 atom stereocenters. The number of carbonyl (C=O) groups excluding carboxylic acids is 1. The van der Waals surface area contributed by atoms with Crippen LogP contribution in [0.5, 0.6) is 5.75 Å². The molecule has 3 N–H and O–H groups in total. The molecule has 0 unspecified atom stereocenters. The molecule has 39 heavy (non-hydrogen) atoms. The number of rotatable bonds is 12. The predicted molar refractivity (Wildman–Crippen MR) is 159 cm³/mol. The summed E-state index contributed by atoms with van der Waals surface area (Å²) in [5.41, 5.74) is 5.48. The number of hydrogen-bond acceptors (Lipinski definition) is 7. The van der Waals surface area contributed by atoms with Crippen molar-refractivity contribution in [1.82, 2.24) is 15.5 Å². The molecule has 212 valence electrons. The number of amides is 1. The summed E-state index contributed by atoms with van der Waals surface area (Å²) < 4.78 is 10.5. The van der Waals surface area contributed by atoms with Crippen LogP contribution in [0.4, 0.5) is 5.69 Å². The van der Waals surface area contributed by atoms with E-state index in [1.807, 2.05) is 32.0 Å². The summed E-state index contributed by atoms with van der Waals surface area (Å²) in [6.07, 6.45) is 3.21. The second-order valence-electron chi connectivity index (χ2n) is 9.98. The Kier molecular flexibility index (Phi) is 11.2. The van der Waals surface area contributed by atoms with Crippen LogP contribution in [0.2, 0.25) is 0 Å². The van der Waals surface area contributed by atoms with Crippen molar-refractivity contribution in [2.24, 2.45) is 0 Å². The van der Waals surface area contributed by atoms with Gasteiger partial charge in [0, 0.05) is 56.2 Å². The Balaban J connectivity index is 1.63. The van der Waals surface area contributed by atoms with Gasteiger partial charge in [-0.15, -0.1) is 0 Å². The maximum absolute atomic E-state index is 13.2. The maximum atomic E-state index is 13.2. The van der Waals surface area contributed by atoms with Crippen LogP contribution >= 0.6 is 0 Å². The van der Waals surface area contributed by atoms with E-state index in [4.69, 9.17) is 14.9 Å². The molecule has 1 saturated heterocycles. The largest absolute Gasteiger partial charge is 0.497 e. The maximum Gasteiger partial charge on any atom is 0.251 e. The Bertz CT molecular complexity index is 1150. The van der Waals surface area contributed by atoms with Crippen LogP contribution in [0, 0.1) is 12.3 Å². The molecule has 0 radical (unpaired) electrons. The minimum absolute atomic E-state index is 0.0413. The number of allylic oxidation sites excluding steroid dienone is 1. The average Bonchev–Trinajstić information content (AvgIpc) is 2.97. The highest BCUT2D eigenvalue weighted by atomic mass is 16.5. The normalized spacial score (nSPS) is 14.8. The van der Waals surface area contributed by atoms with Crippen LogP contribution in [0.15, 0.2) is 53.7 Å². The van der Waals surface area contributed by atoms with Crippen molar-refractivity contribution >= 4 is 17.5 Å². The quantitative estimate of drug-likeness (QED) is 0.276. The van der Waals surface area contributed by atoms with Crippen LogP contribution in [0.3, 0.4) is 0 Å². The highest BCUT2D eigenvalue weighted by Gasteiger charge is 2.26. The van der Waals surface area contributed by atoms with Gasteiger partial charge in [-0.1, -0.05) is 18.2 Å². The Morgan fingerprint density at radius 3 is 2.51 bits per heavy atom. The summed E-state index contributed by atoms with van der Waals surface area (Å²) in [4.78, 5) is 18.2. The molecule has 0 aromatic heterocycles. The van der Waals surface area contributed by atoms with E-state index in [0.717, 1.165) is 68.1 Å². The van der Waals surface area contributed by atoms with Crippen LogP contribution in [-0.2, 0) is 11.2 Å². The number of benzene rings is 2. The molecule has 8 heteroatoms. The fourth-order valence-corrected chi connectivity index (χ4v) is 5.30. The summed E-state index contributed by atoms with van der Waals surface area (Å²) in [7, 11) is 4.96. The number of nitrogens with zero attached hydrogens (tertiary/aromatic N) is 2. The van der Waals surface area contributed by atoms with Crippen molar-refractivity contribution in [3.63, 3.8) is 0 Å². The number of hydrogen-bond donors (Lipinski definition) is 3. The highest BCUT2D eigenvalue weighted by Crippen LogP contribution is 2.29. The van der Waals surface area contributed by atoms with Crippen molar-refractivity contribution in [2.45, 2.75) is 46.1 Å². The number of anilines is 1. The number of ether oxygens (including phenoxy) is 2. The third-order valence-electron chi connectivity index (χ3n) is 7.78. The molecule has 1 heterocycles. The zero-order chi connectivity index (χ0) is 28.4. The number of piperidine rings is 1. The summed E-state index contributed by atoms with van der Waals surface area (Å²) in [5.74, 6) is 0.804. The van der Waals surface area contributed by atoms with Crippen molar-refractivity contribution in [1.29, 1.82) is 5.41 Å². The first-order chi connectivity index (χ1) is 18.8. The van der Waals surface area contributed by atoms with Gasteiger partial charge >= 0.3 is 0 Å². The van der Waals surface area contributed by atoms with Gasteiger partial charge in [-0.05, 0) is 75.4 Å². The lowest BCUT2D eigenvalue weighted by Crippen LogP contribution is -2.45. The molecule has 2 aromatic rings. The van der Waals surface area contributed by atoms with E-state index in [1.54, 1.807) is 14.2 Å². The Morgan fingerprint density at radius 1 is 1.15 bits per heavy atom. The zero-order valence-electron chi connectivity index (χ0n) is 24.4. The Morgan fingerprint density at radius 2 is 1.87 bits per heavy atom.